The summed E-state index contributed by atoms with van der Waals surface area (Å²) < 4.78 is 45.3. The molecule has 1 aromatic heterocycles. The first-order valence-corrected chi connectivity index (χ1v) is 11.1. The second-order valence-electron chi connectivity index (χ2n) is 9.37. The molecule has 3 rings (SSSR count). The number of carbonyl (C=O) groups excluding carboxylic acids is 2. The van der Waals surface area contributed by atoms with Crippen molar-refractivity contribution in [2.45, 2.75) is 58.3 Å². The number of halogens is 3. The largest absolute Gasteiger partial charge is 0.495 e. The monoisotopic (exact) mass is 511 g/mol. The molecule has 1 aliphatic carbocycles. The number of nitrogens with zero attached hydrogens (tertiary/aromatic N) is 2. The molecule has 13 heteroatoms. The summed E-state index contributed by atoms with van der Waals surface area (Å²) in [4.78, 5) is 40.7. The van der Waals surface area contributed by atoms with E-state index in [1.165, 1.54) is 7.11 Å². The lowest BCUT2D eigenvalue weighted by molar-refractivity contribution is -0.265. The van der Waals surface area contributed by atoms with Crippen LogP contribution in [-0.2, 0) is 32.0 Å². The third-order valence-electron chi connectivity index (χ3n) is 5.09. The minimum absolute atomic E-state index is 0.0365. The summed E-state index contributed by atoms with van der Waals surface area (Å²) in [6, 6.07) is 3.63. The molecule has 0 unspecified atom stereocenters. The standard InChI is InChI=1S/C23H28F3N5O5/c1-22(2,3)20(33)36-35-19(32)15(27)9-12-5-8-16(17(10-12)34-4)30-21-28-11-14(23(24,25)26)18(31-21)29-13-6-7-13/h5,8,10-11,13,15H,6-7,9,27H2,1-4H3,(H2,28,29,30,31)/t15-/m0/s1. The lowest BCUT2D eigenvalue weighted by Gasteiger charge is -2.17. The van der Waals surface area contributed by atoms with Crippen LogP contribution in [0.1, 0.15) is 44.7 Å². The van der Waals surface area contributed by atoms with Crippen molar-refractivity contribution in [3.05, 3.63) is 35.5 Å². The topological polar surface area (TPSA) is 138 Å². The maximum Gasteiger partial charge on any atom is 0.421 e. The van der Waals surface area contributed by atoms with Gasteiger partial charge in [0.2, 0.25) is 5.95 Å². The van der Waals surface area contributed by atoms with Crippen LogP contribution in [0, 0.1) is 5.41 Å². The number of methoxy groups -OCH3 is 1. The number of benzene rings is 1. The van der Waals surface area contributed by atoms with Gasteiger partial charge < -0.3 is 21.1 Å². The lowest BCUT2D eigenvalue weighted by atomic mass is 9.98. The average molecular weight is 512 g/mol. The number of hydrogen-bond donors (Lipinski definition) is 3. The highest BCUT2D eigenvalue weighted by Crippen LogP contribution is 2.37. The maximum atomic E-state index is 13.3. The Hall–Kier alpha value is -3.61. The van der Waals surface area contributed by atoms with Gasteiger partial charge in [0, 0.05) is 12.2 Å². The first-order valence-electron chi connectivity index (χ1n) is 11.1. The molecular formula is C23H28F3N5O5. The minimum atomic E-state index is -4.60. The number of nitrogens with one attached hydrogen (secondary N) is 2. The van der Waals surface area contributed by atoms with Gasteiger partial charge in [-0.3, -0.25) is 0 Å². The van der Waals surface area contributed by atoms with E-state index in [-0.39, 0.29) is 24.2 Å². The van der Waals surface area contributed by atoms with Crippen LogP contribution in [0.3, 0.4) is 0 Å². The van der Waals surface area contributed by atoms with Crippen molar-refractivity contribution in [1.82, 2.24) is 9.97 Å². The molecule has 2 aromatic rings. The number of ether oxygens (including phenoxy) is 1. The van der Waals surface area contributed by atoms with E-state index in [0.29, 0.717) is 17.0 Å². The number of aromatic nitrogens is 2. The molecule has 1 fully saturated rings. The highest BCUT2D eigenvalue weighted by molar-refractivity contribution is 5.79. The van der Waals surface area contributed by atoms with E-state index < -0.39 is 35.1 Å². The van der Waals surface area contributed by atoms with Crippen molar-refractivity contribution in [2.75, 3.05) is 17.7 Å². The quantitative estimate of drug-likeness (QED) is 0.355. The van der Waals surface area contributed by atoms with Crippen molar-refractivity contribution >= 4 is 29.4 Å². The average Bonchev–Trinajstić information content (AvgIpc) is 3.60. The van der Waals surface area contributed by atoms with Gasteiger partial charge in [-0.2, -0.15) is 18.2 Å². The number of alkyl halides is 3. The number of carbonyl (C=O) groups is 2. The number of hydrogen-bond acceptors (Lipinski definition) is 10. The summed E-state index contributed by atoms with van der Waals surface area (Å²) in [6.45, 7) is 4.81. The zero-order valence-corrected chi connectivity index (χ0v) is 20.2. The number of nitrogens with two attached hydrogens (primary N) is 1. The van der Waals surface area contributed by atoms with E-state index in [1.807, 2.05) is 0 Å². The first-order chi connectivity index (χ1) is 16.8. The number of rotatable bonds is 8. The Morgan fingerprint density at radius 2 is 1.89 bits per heavy atom. The van der Waals surface area contributed by atoms with Crippen molar-refractivity contribution in [1.29, 1.82) is 0 Å². The highest BCUT2D eigenvalue weighted by Gasteiger charge is 2.37. The molecule has 0 bridgehead atoms. The van der Waals surface area contributed by atoms with Gasteiger partial charge in [0.05, 0.1) is 18.2 Å². The molecule has 1 aliphatic rings. The first kappa shape index (κ1) is 27.0. The van der Waals surface area contributed by atoms with Crippen LogP contribution in [-0.4, -0.2) is 41.1 Å². The van der Waals surface area contributed by atoms with Gasteiger partial charge in [-0.25, -0.2) is 24.3 Å². The Morgan fingerprint density at radius 3 is 2.47 bits per heavy atom. The van der Waals surface area contributed by atoms with Crippen LogP contribution in [0.4, 0.5) is 30.6 Å². The predicted molar refractivity (Wildman–Crippen MR) is 123 cm³/mol. The number of anilines is 3. The third-order valence-corrected chi connectivity index (χ3v) is 5.09. The van der Waals surface area contributed by atoms with E-state index in [0.717, 1.165) is 19.0 Å². The summed E-state index contributed by atoms with van der Waals surface area (Å²) in [6.07, 6.45) is -2.30. The van der Waals surface area contributed by atoms with Gasteiger partial charge in [-0.1, -0.05) is 6.07 Å². The van der Waals surface area contributed by atoms with Crippen LogP contribution < -0.4 is 21.1 Å². The molecule has 0 spiro atoms. The summed E-state index contributed by atoms with van der Waals surface area (Å²) in [5, 5.41) is 5.63. The summed E-state index contributed by atoms with van der Waals surface area (Å²) in [5.41, 5.74) is 5.04. The van der Waals surface area contributed by atoms with Gasteiger partial charge in [0.25, 0.3) is 0 Å². The Labute approximate surface area is 205 Å². The summed E-state index contributed by atoms with van der Waals surface area (Å²) in [5.74, 6) is -1.69. The second kappa shape index (κ2) is 10.6. The molecule has 36 heavy (non-hydrogen) atoms. The Bertz CT molecular complexity index is 1120. The van der Waals surface area contributed by atoms with Crippen LogP contribution in [0.15, 0.2) is 24.4 Å². The van der Waals surface area contributed by atoms with Gasteiger partial charge in [0.15, 0.2) is 0 Å². The van der Waals surface area contributed by atoms with Crippen molar-refractivity contribution in [3.8, 4) is 5.75 Å². The van der Waals surface area contributed by atoms with E-state index >= 15 is 0 Å². The van der Waals surface area contributed by atoms with E-state index in [9.17, 15) is 22.8 Å². The molecule has 1 atom stereocenters. The smallest absolute Gasteiger partial charge is 0.421 e. The Kier molecular flexibility index (Phi) is 7.92. The van der Waals surface area contributed by atoms with Crippen molar-refractivity contribution < 1.29 is 37.3 Å². The molecule has 0 radical (unpaired) electrons. The van der Waals surface area contributed by atoms with Crippen LogP contribution in [0.2, 0.25) is 0 Å². The van der Waals surface area contributed by atoms with Crippen LogP contribution in [0.5, 0.6) is 5.75 Å². The Balaban J connectivity index is 1.69. The normalized spacial score (nSPS) is 14.6. The van der Waals surface area contributed by atoms with Crippen LogP contribution >= 0.6 is 0 Å². The molecule has 0 aliphatic heterocycles. The predicted octanol–water partition coefficient (Wildman–Crippen LogP) is 3.74. The van der Waals surface area contributed by atoms with E-state index in [2.05, 4.69) is 30.4 Å². The zero-order valence-electron chi connectivity index (χ0n) is 20.2. The highest BCUT2D eigenvalue weighted by atomic mass is 19.4. The summed E-state index contributed by atoms with van der Waals surface area (Å²) in [7, 11) is 1.40. The fourth-order valence-corrected chi connectivity index (χ4v) is 2.87. The molecule has 1 aromatic carbocycles. The maximum absolute atomic E-state index is 13.3. The molecule has 196 valence electrons. The van der Waals surface area contributed by atoms with Gasteiger partial charge in [-0.05, 0) is 57.7 Å². The molecule has 1 heterocycles. The van der Waals surface area contributed by atoms with Crippen molar-refractivity contribution in [3.63, 3.8) is 0 Å². The fourth-order valence-electron chi connectivity index (χ4n) is 2.87. The molecule has 10 nitrogen and oxygen atoms in total. The second-order valence-corrected chi connectivity index (χ2v) is 9.37. The van der Waals surface area contributed by atoms with Crippen LogP contribution in [0.25, 0.3) is 0 Å². The molecule has 4 N–H and O–H groups in total. The zero-order chi connectivity index (χ0) is 26.7. The summed E-state index contributed by atoms with van der Waals surface area (Å²) >= 11 is 0. The van der Waals surface area contributed by atoms with Crippen molar-refractivity contribution in [2.24, 2.45) is 11.1 Å². The van der Waals surface area contributed by atoms with Gasteiger partial charge in [0.1, 0.15) is 23.2 Å². The third kappa shape index (κ3) is 7.20. The molecule has 1 saturated carbocycles. The lowest BCUT2D eigenvalue weighted by Crippen LogP contribution is -2.36. The minimum Gasteiger partial charge on any atom is -0.495 e. The van der Waals surface area contributed by atoms with Gasteiger partial charge in [-0.15, -0.1) is 0 Å². The Morgan fingerprint density at radius 1 is 1.19 bits per heavy atom. The molecule has 0 amide bonds. The van der Waals surface area contributed by atoms with E-state index in [4.69, 9.17) is 10.5 Å². The van der Waals surface area contributed by atoms with Gasteiger partial charge >= 0.3 is 18.1 Å². The fraction of sp³-hybridized carbons (Fsp3) is 0.478. The molecule has 0 saturated heterocycles. The van der Waals surface area contributed by atoms with E-state index in [1.54, 1.807) is 39.0 Å². The SMILES string of the molecule is COc1cc(C[C@H](N)C(=O)OOC(=O)C(C)(C)C)ccc1Nc1ncc(C(F)(F)F)c(NC2CC2)n1. The molecular weight excluding hydrogens is 483 g/mol.